The quantitative estimate of drug-likeness (QED) is 0.413. The second kappa shape index (κ2) is 10.7. The first-order valence-corrected chi connectivity index (χ1v) is 12.6. The van der Waals surface area contributed by atoms with E-state index in [9.17, 15) is 4.79 Å². The van der Waals surface area contributed by atoms with Crippen molar-refractivity contribution < 1.29 is 14.6 Å². The standard InChI is InChI=1S/C26H29ClN2O3S/c1-17(2)32-23-8-7-21(15-22(23)27)26-28-16-24(33-26)20-6-5-18-9-12-29(11-3-4-25(30)31)13-10-19(18)14-20/h5-8,14-17H,3-4,9-13H2,1-2H3,(H,30,31). The Balaban J connectivity index is 1.46. The summed E-state index contributed by atoms with van der Waals surface area (Å²) in [7, 11) is 0. The summed E-state index contributed by atoms with van der Waals surface area (Å²) < 4.78 is 5.73. The second-order valence-corrected chi connectivity index (χ2v) is 10.1. The number of hydrogen-bond acceptors (Lipinski definition) is 5. The van der Waals surface area contributed by atoms with Crippen LogP contribution in [-0.2, 0) is 17.6 Å². The molecule has 0 radical (unpaired) electrons. The molecule has 0 bridgehead atoms. The molecular formula is C26H29ClN2O3S. The van der Waals surface area contributed by atoms with Crippen molar-refractivity contribution in [2.24, 2.45) is 0 Å². The average Bonchev–Trinajstić information content (AvgIpc) is 3.18. The Labute approximate surface area is 204 Å². The van der Waals surface area contributed by atoms with Gasteiger partial charge in [0.05, 0.1) is 16.0 Å². The normalized spacial score (nSPS) is 14.2. The Morgan fingerprint density at radius 1 is 1.15 bits per heavy atom. The molecule has 0 unspecified atom stereocenters. The van der Waals surface area contributed by atoms with Crippen molar-refractivity contribution in [3.63, 3.8) is 0 Å². The smallest absolute Gasteiger partial charge is 0.303 e. The Morgan fingerprint density at radius 2 is 1.91 bits per heavy atom. The summed E-state index contributed by atoms with van der Waals surface area (Å²) in [5.74, 6) is -0.0289. The van der Waals surface area contributed by atoms with Gasteiger partial charge in [-0.25, -0.2) is 4.98 Å². The number of nitrogens with zero attached hydrogens (tertiary/aromatic N) is 2. The van der Waals surface area contributed by atoms with Crippen LogP contribution in [0, 0.1) is 0 Å². The fourth-order valence-electron chi connectivity index (χ4n) is 4.13. The van der Waals surface area contributed by atoms with E-state index in [-0.39, 0.29) is 12.5 Å². The number of carboxylic acid groups (broad SMARTS) is 1. The number of carbonyl (C=O) groups is 1. The number of aromatic nitrogens is 1. The van der Waals surface area contributed by atoms with E-state index in [1.54, 1.807) is 11.3 Å². The lowest BCUT2D eigenvalue weighted by molar-refractivity contribution is -0.137. The first kappa shape index (κ1) is 23.7. The topological polar surface area (TPSA) is 62.7 Å². The first-order chi connectivity index (χ1) is 15.9. The van der Waals surface area contributed by atoms with Crippen molar-refractivity contribution in [1.82, 2.24) is 9.88 Å². The maximum absolute atomic E-state index is 10.8. The molecule has 4 rings (SSSR count). The van der Waals surface area contributed by atoms with Crippen LogP contribution in [0.3, 0.4) is 0 Å². The molecule has 5 nitrogen and oxygen atoms in total. The summed E-state index contributed by atoms with van der Waals surface area (Å²) in [6.07, 6.45) is 4.93. The third-order valence-electron chi connectivity index (χ3n) is 5.80. The molecule has 1 aliphatic heterocycles. The summed E-state index contributed by atoms with van der Waals surface area (Å²) in [5.41, 5.74) is 4.93. The summed E-state index contributed by atoms with van der Waals surface area (Å²) in [4.78, 5) is 18.9. The van der Waals surface area contributed by atoms with E-state index in [0.29, 0.717) is 17.2 Å². The summed E-state index contributed by atoms with van der Waals surface area (Å²) >= 11 is 8.08. The zero-order valence-electron chi connectivity index (χ0n) is 19.0. The molecular weight excluding hydrogens is 456 g/mol. The number of aliphatic carboxylic acids is 1. The van der Waals surface area contributed by atoms with Gasteiger partial charge in [-0.05, 0) is 80.6 Å². The lowest BCUT2D eigenvalue weighted by Crippen LogP contribution is -2.27. The van der Waals surface area contributed by atoms with E-state index >= 15 is 0 Å². The van der Waals surface area contributed by atoms with Gasteiger partial charge in [0.2, 0.25) is 0 Å². The van der Waals surface area contributed by atoms with Crippen LogP contribution < -0.4 is 4.74 Å². The molecule has 0 saturated heterocycles. The van der Waals surface area contributed by atoms with Gasteiger partial charge in [0.25, 0.3) is 0 Å². The predicted octanol–water partition coefficient (Wildman–Crippen LogP) is 6.18. The SMILES string of the molecule is CC(C)Oc1ccc(-c2ncc(-c3ccc4c(c3)CCN(CCCC(=O)O)CC4)s2)cc1Cl. The fourth-order valence-corrected chi connectivity index (χ4v) is 5.26. The number of thiazole rings is 1. The number of rotatable bonds is 8. The molecule has 1 aliphatic rings. The van der Waals surface area contributed by atoms with Crippen LogP contribution in [0.25, 0.3) is 21.0 Å². The highest BCUT2D eigenvalue weighted by atomic mass is 35.5. The minimum Gasteiger partial charge on any atom is -0.489 e. The van der Waals surface area contributed by atoms with Gasteiger partial charge in [-0.1, -0.05) is 23.7 Å². The highest BCUT2D eigenvalue weighted by molar-refractivity contribution is 7.18. The molecule has 2 heterocycles. The van der Waals surface area contributed by atoms with Gasteiger partial charge >= 0.3 is 5.97 Å². The van der Waals surface area contributed by atoms with Gasteiger partial charge in [-0.2, -0.15) is 0 Å². The van der Waals surface area contributed by atoms with E-state index in [1.807, 2.05) is 38.2 Å². The molecule has 1 aromatic heterocycles. The molecule has 0 saturated carbocycles. The molecule has 1 N–H and O–H groups in total. The summed E-state index contributed by atoms with van der Waals surface area (Å²) in [6, 6.07) is 12.5. The van der Waals surface area contributed by atoms with Gasteiger partial charge < -0.3 is 14.7 Å². The van der Waals surface area contributed by atoms with Crippen LogP contribution in [0.4, 0.5) is 0 Å². The molecule has 0 atom stereocenters. The minimum atomic E-state index is -0.719. The van der Waals surface area contributed by atoms with Crippen molar-refractivity contribution in [2.75, 3.05) is 19.6 Å². The molecule has 0 spiro atoms. The second-order valence-electron chi connectivity index (χ2n) is 8.66. The molecule has 174 valence electrons. The fraction of sp³-hybridized carbons (Fsp3) is 0.385. The maximum atomic E-state index is 10.8. The molecule has 0 amide bonds. The highest BCUT2D eigenvalue weighted by Crippen LogP contribution is 2.36. The number of hydrogen-bond donors (Lipinski definition) is 1. The highest BCUT2D eigenvalue weighted by Gasteiger charge is 2.16. The van der Waals surface area contributed by atoms with Gasteiger partial charge in [0, 0.05) is 31.3 Å². The Bertz CT molecular complexity index is 1130. The molecule has 7 heteroatoms. The van der Waals surface area contributed by atoms with Crippen molar-refractivity contribution in [3.05, 3.63) is 58.7 Å². The van der Waals surface area contributed by atoms with Crippen molar-refractivity contribution in [2.45, 2.75) is 45.6 Å². The van der Waals surface area contributed by atoms with Crippen LogP contribution >= 0.6 is 22.9 Å². The van der Waals surface area contributed by atoms with Crippen molar-refractivity contribution in [3.8, 4) is 26.8 Å². The van der Waals surface area contributed by atoms with E-state index < -0.39 is 5.97 Å². The average molecular weight is 485 g/mol. The number of benzene rings is 2. The van der Waals surface area contributed by atoms with Gasteiger partial charge in [-0.3, -0.25) is 4.79 Å². The Morgan fingerprint density at radius 3 is 2.64 bits per heavy atom. The third-order valence-corrected chi connectivity index (χ3v) is 7.19. The van der Waals surface area contributed by atoms with Crippen molar-refractivity contribution in [1.29, 1.82) is 0 Å². The lowest BCUT2D eigenvalue weighted by atomic mass is 10.00. The van der Waals surface area contributed by atoms with Crippen LogP contribution in [-0.4, -0.2) is 46.7 Å². The first-order valence-electron chi connectivity index (χ1n) is 11.4. The number of halogens is 1. The zero-order chi connectivity index (χ0) is 23.4. The lowest BCUT2D eigenvalue weighted by Gasteiger charge is -2.18. The number of carboxylic acids is 1. The predicted molar refractivity (Wildman–Crippen MR) is 134 cm³/mol. The van der Waals surface area contributed by atoms with Crippen molar-refractivity contribution >= 4 is 28.9 Å². The van der Waals surface area contributed by atoms with E-state index in [2.05, 4.69) is 28.1 Å². The van der Waals surface area contributed by atoms with Gasteiger partial charge in [0.1, 0.15) is 10.8 Å². The van der Waals surface area contributed by atoms with Crippen LogP contribution in [0.15, 0.2) is 42.6 Å². The summed E-state index contributed by atoms with van der Waals surface area (Å²) in [5, 5.41) is 10.4. The molecule has 33 heavy (non-hydrogen) atoms. The number of ether oxygens (including phenoxy) is 1. The zero-order valence-corrected chi connectivity index (χ0v) is 20.6. The Hall–Kier alpha value is -2.41. The maximum Gasteiger partial charge on any atom is 0.303 e. The van der Waals surface area contributed by atoms with Crippen LogP contribution in [0.5, 0.6) is 5.75 Å². The third kappa shape index (κ3) is 6.14. The molecule has 3 aromatic rings. The van der Waals surface area contributed by atoms with E-state index in [4.69, 9.17) is 21.4 Å². The molecule has 2 aromatic carbocycles. The van der Waals surface area contributed by atoms with E-state index in [1.165, 1.54) is 16.7 Å². The van der Waals surface area contributed by atoms with Crippen LogP contribution in [0.2, 0.25) is 5.02 Å². The van der Waals surface area contributed by atoms with E-state index in [0.717, 1.165) is 47.9 Å². The largest absolute Gasteiger partial charge is 0.489 e. The summed E-state index contributed by atoms with van der Waals surface area (Å²) in [6.45, 7) is 6.75. The van der Waals surface area contributed by atoms with Gasteiger partial charge in [-0.15, -0.1) is 11.3 Å². The van der Waals surface area contributed by atoms with Gasteiger partial charge in [0.15, 0.2) is 0 Å². The number of fused-ring (bicyclic) bond motifs is 1. The Kier molecular flexibility index (Phi) is 7.68. The monoisotopic (exact) mass is 484 g/mol. The molecule has 0 fully saturated rings. The minimum absolute atomic E-state index is 0.0739. The van der Waals surface area contributed by atoms with Crippen LogP contribution in [0.1, 0.15) is 37.8 Å². The molecule has 0 aliphatic carbocycles.